The molecule has 27 heavy (non-hydrogen) atoms. The molecule has 1 amide bonds. The number of nitrogens with one attached hydrogen (secondary N) is 2. The molecule has 0 saturated carbocycles. The molecule has 1 aliphatic heterocycles. The van der Waals surface area contributed by atoms with Crippen LogP contribution in [0.5, 0.6) is 0 Å². The molecule has 0 aromatic heterocycles. The summed E-state index contributed by atoms with van der Waals surface area (Å²) < 4.78 is 33.0. The maximum atomic E-state index is 12.6. The molecule has 0 radical (unpaired) electrons. The van der Waals surface area contributed by atoms with Gasteiger partial charge in [-0.3, -0.25) is 4.79 Å². The van der Waals surface area contributed by atoms with Gasteiger partial charge in [0.1, 0.15) is 0 Å². The topological polar surface area (TPSA) is 84.5 Å². The Morgan fingerprint density at radius 1 is 1.00 bits per heavy atom. The molecule has 2 N–H and O–H groups in total. The third kappa shape index (κ3) is 4.05. The lowest BCUT2D eigenvalue weighted by atomic mass is 10.1. The first kappa shape index (κ1) is 18.2. The predicted octanol–water partition coefficient (Wildman–Crippen LogP) is 1.65. The van der Waals surface area contributed by atoms with Crippen molar-refractivity contribution in [2.75, 3.05) is 13.2 Å². The predicted molar refractivity (Wildman–Crippen MR) is 101 cm³/mol. The van der Waals surface area contributed by atoms with Crippen LogP contribution < -0.4 is 10.0 Å². The average molecular weight is 386 g/mol. The number of carbonyl (C=O) groups is 1. The first-order chi connectivity index (χ1) is 13.0. The molecule has 0 unspecified atom stereocenters. The maximum Gasteiger partial charge on any atom is 0.251 e. The van der Waals surface area contributed by atoms with Crippen molar-refractivity contribution in [3.63, 3.8) is 0 Å². The van der Waals surface area contributed by atoms with E-state index >= 15 is 0 Å². The Hall–Kier alpha value is -2.22. The summed E-state index contributed by atoms with van der Waals surface area (Å²) in [4.78, 5) is 12.7. The first-order valence-electron chi connectivity index (χ1n) is 9.09. The summed E-state index contributed by atoms with van der Waals surface area (Å²) in [6, 6.07) is 14.1. The molecule has 1 aliphatic carbocycles. The zero-order valence-electron chi connectivity index (χ0n) is 14.9. The van der Waals surface area contributed by atoms with Gasteiger partial charge in [-0.05, 0) is 48.6 Å². The molecular formula is C20H22N2O4S. The van der Waals surface area contributed by atoms with Crippen molar-refractivity contribution in [1.29, 1.82) is 0 Å². The molecule has 4 rings (SSSR count). The Labute approximate surface area is 159 Å². The minimum Gasteiger partial charge on any atom is -0.380 e. The monoisotopic (exact) mass is 386 g/mol. The van der Waals surface area contributed by atoms with E-state index in [2.05, 4.69) is 22.2 Å². The van der Waals surface area contributed by atoms with Gasteiger partial charge in [0.05, 0.1) is 11.5 Å². The molecular weight excluding hydrogens is 364 g/mol. The Morgan fingerprint density at radius 2 is 1.74 bits per heavy atom. The highest BCUT2D eigenvalue weighted by Crippen LogP contribution is 2.22. The first-order valence-corrected chi connectivity index (χ1v) is 10.6. The van der Waals surface area contributed by atoms with Crippen LogP contribution in [0.4, 0.5) is 0 Å². The minimum absolute atomic E-state index is 0.0314. The lowest BCUT2D eigenvalue weighted by Gasteiger charge is -2.14. The zero-order valence-corrected chi connectivity index (χ0v) is 15.7. The number of fused-ring (bicyclic) bond motifs is 1. The van der Waals surface area contributed by atoms with Crippen LogP contribution >= 0.6 is 0 Å². The normalized spacial score (nSPS) is 19.8. The number of ether oxygens (including phenoxy) is 1. The second-order valence-corrected chi connectivity index (χ2v) is 8.77. The van der Waals surface area contributed by atoms with E-state index in [1.165, 1.54) is 23.3 Å². The van der Waals surface area contributed by atoms with Crippen LogP contribution in [0.3, 0.4) is 0 Å². The number of rotatable bonds is 5. The second kappa shape index (κ2) is 7.42. The smallest absolute Gasteiger partial charge is 0.251 e. The van der Waals surface area contributed by atoms with Crippen molar-refractivity contribution in [2.24, 2.45) is 0 Å². The summed E-state index contributed by atoms with van der Waals surface area (Å²) in [5.41, 5.74) is 2.85. The van der Waals surface area contributed by atoms with Gasteiger partial charge in [-0.25, -0.2) is 13.1 Å². The van der Waals surface area contributed by atoms with Crippen LogP contribution in [-0.2, 0) is 27.6 Å². The van der Waals surface area contributed by atoms with Gasteiger partial charge in [-0.15, -0.1) is 0 Å². The molecule has 6 nitrogen and oxygen atoms in total. The Balaban J connectivity index is 1.45. The molecule has 1 saturated heterocycles. The van der Waals surface area contributed by atoms with Crippen LogP contribution in [0.1, 0.15) is 27.9 Å². The molecule has 1 heterocycles. The summed E-state index contributed by atoms with van der Waals surface area (Å²) in [6.45, 7) is 0.932. The summed E-state index contributed by atoms with van der Waals surface area (Å²) >= 11 is 0. The summed E-state index contributed by atoms with van der Waals surface area (Å²) in [5, 5.41) is 3.02. The van der Waals surface area contributed by atoms with Crippen LogP contribution in [-0.4, -0.2) is 39.6 Å². The van der Waals surface area contributed by atoms with Gasteiger partial charge >= 0.3 is 0 Å². The molecule has 1 fully saturated rings. The van der Waals surface area contributed by atoms with Gasteiger partial charge in [0.2, 0.25) is 10.0 Å². The number of sulfonamides is 1. The number of carbonyl (C=O) groups excluding carboxylic acids is 1. The van der Waals surface area contributed by atoms with Crippen molar-refractivity contribution in [3.05, 3.63) is 65.2 Å². The standard InChI is InChI=1S/C20H22N2O4S/c23-20(21-18-10-14-4-1-2-5-15(14)11-18)16-6-3-7-19(12-16)27(24,25)22-17-8-9-26-13-17/h1-7,12,17-18,22H,8-11,13H2,(H,21,23)/t17-/m0/s1. The third-order valence-electron chi connectivity index (χ3n) is 5.04. The fraction of sp³-hybridized carbons (Fsp3) is 0.350. The van der Waals surface area contributed by atoms with Gasteiger partial charge in [-0.2, -0.15) is 0 Å². The van der Waals surface area contributed by atoms with Crippen LogP contribution in [0.15, 0.2) is 53.4 Å². The van der Waals surface area contributed by atoms with Crippen molar-refractivity contribution in [2.45, 2.75) is 36.2 Å². The van der Waals surface area contributed by atoms with Crippen molar-refractivity contribution < 1.29 is 17.9 Å². The highest BCUT2D eigenvalue weighted by atomic mass is 32.2. The molecule has 2 aromatic rings. The summed E-state index contributed by atoms with van der Waals surface area (Å²) in [6.07, 6.45) is 2.24. The fourth-order valence-electron chi connectivity index (χ4n) is 3.65. The van der Waals surface area contributed by atoms with E-state index < -0.39 is 10.0 Å². The van der Waals surface area contributed by atoms with Crippen LogP contribution in [0, 0.1) is 0 Å². The minimum atomic E-state index is -3.68. The number of amides is 1. The quantitative estimate of drug-likeness (QED) is 0.818. The van der Waals surface area contributed by atoms with Gasteiger partial charge in [0, 0.05) is 24.3 Å². The second-order valence-electron chi connectivity index (χ2n) is 7.06. The third-order valence-corrected chi connectivity index (χ3v) is 6.56. The van der Waals surface area contributed by atoms with Crippen molar-refractivity contribution in [1.82, 2.24) is 10.0 Å². The molecule has 2 aliphatic rings. The van der Waals surface area contributed by atoms with Gasteiger partial charge in [0.25, 0.3) is 5.91 Å². The summed E-state index contributed by atoms with van der Waals surface area (Å²) in [5.74, 6) is -0.256. The average Bonchev–Trinajstić information content (AvgIpc) is 3.30. The Kier molecular flexibility index (Phi) is 4.99. The lowest BCUT2D eigenvalue weighted by molar-refractivity contribution is 0.0938. The van der Waals surface area contributed by atoms with E-state index in [9.17, 15) is 13.2 Å². The van der Waals surface area contributed by atoms with E-state index in [1.54, 1.807) is 12.1 Å². The lowest BCUT2D eigenvalue weighted by Crippen LogP contribution is -2.36. The van der Waals surface area contributed by atoms with Crippen molar-refractivity contribution in [3.8, 4) is 0 Å². The molecule has 2 aromatic carbocycles. The SMILES string of the molecule is O=C(NC1Cc2ccccc2C1)c1cccc(S(=O)(=O)N[C@H]2CCOC2)c1. The van der Waals surface area contributed by atoms with E-state index in [-0.39, 0.29) is 22.9 Å². The largest absolute Gasteiger partial charge is 0.380 e. The molecule has 0 spiro atoms. The highest BCUT2D eigenvalue weighted by molar-refractivity contribution is 7.89. The molecule has 1 atom stereocenters. The Bertz CT molecular complexity index is 927. The van der Waals surface area contributed by atoms with Crippen LogP contribution in [0.2, 0.25) is 0 Å². The molecule has 7 heteroatoms. The fourth-order valence-corrected chi connectivity index (χ4v) is 4.95. The van der Waals surface area contributed by atoms with E-state index in [4.69, 9.17) is 4.74 Å². The number of hydrogen-bond acceptors (Lipinski definition) is 4. The summed E-state index contributed by atoms with van der Waals surface area (Å²) in [7, 11) is -3.68. The number of hydrogen-bond donors (Lipinski definition) is 2. The van der Waals surface area contributed by atoms with Crippen molar-refractivity contribution >= 4 is 15.9 Å². The van der Waals surface area contributed by atoms with Gasteiger partial charge < -0.3 is 10.1 Å². The number of benzene rings is 2. The highest BCUT2D eigenvalue weighted by Gasteiger charge is 2.25. The van der Waals surface area contributed by atoms with Gasteiger partial charge in [-0.1, -0.05) is 30.3 Å². The van der Waals surface area contributed by atoms with Gasteiger partial charge in [0.15, 0.2) is 0 Å². The molecule has 0 bridgehead atoms. The van der Waals surface area contributed by atoms with Crippen LogP contribution in [0.25, 0.3) is 0 Å². The van der Waals surface area contributed by atoms with E-state index in [1.807, 2.05) is 12.1 Å². The van der Waals surface area contributed by atoms with E-state index in [0.29, 0.717) is 25.2 Å². The zero-order chi connectivity index (χ0) is 18.9. The Morgan fingerprint density at radius 3 is 2.41 bits per heavy atom. The molecule has 142 valence electrons. The maximum absolute atomic E-state index is 12.6. The van der Waals surface area contributed by atoms with E-state index in [0.717, 1.165) is 12.8 Å².